The van der Waals surface area contributed by atoms with Crippen molar-refractivity contribution in [2.75, 3.05) is 6.54 Å². The van der Waals surface area contributed by atoms with Gasteiger partial charge >= 0.3 is 18.1 Å². The van der Waals surface area contributed by atoms with Gasteiger partial charge in [0.1, 0.15) is 12.6 Å². The zero-order valence-electron chi connectivity index (χ0n) is 16.9. The summed E-state index contributed by atoms with van der Waals surface area (Å²) in [4.78, 5) is 35.4. The van der Waals surface area contributed by atoms with Crippen LogP contribution in [0.3, 0.4) is 0 Å². The van der Waals surface area contributed by atoms with Gasteiger partial charge in [0, 0.05) is 6.54 Å². The number of rotatable bonds is 6. The van der Waals surface area contributed by atoms with Crippen LogP contribution in [0.5, 0.6) is 0 Å². The van der Waals surface area contributed by atoms with Crippen LogP contribution in [-0.4, -0.2) is 52.7 Å². The molecule has 7 nitrogen and oxygen atoms in total. The molecule has 1 aliphatic heterocycles. The molecule has 1 heterocycles. The second-order valence-electron chi connectivity index (χ2n) is 7.00. The molecule has 0 radical (unpaired) electrons. The first-order chi connectivity index (χ1) is 14.0. The molecule has 1 aliphatic rings. The number of halogens is 3. The number of amides is 1. The van der Waals surface area contributed by atoms with Crippen molar-refractivity contribution in [1.82, 2.24) is 4.90 Å². The van der Waals surface area contributed by atoms with Gasteiger partial charge in [-0.05, 0) is 24.3 Å². The number of aliphatic carboxylic acids is 1. The Morgan fingerprint density at radius 2 is 1.83 bits per heavy atom. The molecule has 1 saturated heterocycles. The molecule has 1 amide bonds. The first-order valence-corrected chi connectivity index (χ1v) is 9.55. The fourth-order valence-corrected chi connectivity index (χ4v) is 2.79. The number of nitrogens with zero attached hydrogens (tertiary/aromatic N) is 1. The molecule has 1 aromatic rings. The molecule has 3 atom stereocenters. The summed E-state index contributed by atoms with van der Waals surface area (Å²) < 4.78 is 37.1. The van der Waals surface area contributed by atoms with E-state index in [9.17, 15) is 22.8 Å². The molecule has 0 aliphatic carbocycles. The van der Waals surface area contributed by atoms with Crippen molar-refractivity contribution >= 4 is 17.8 Å². The number of carboxylic acid groups (broad SMARTS) is 1. The summed E-state index contributed by atoms with van der Waals surface area (Å²) in [7, 11) is 0. The number of alkyl halides is 3. The molecular formula is C20H27F3N2O5. The summed E-state index contributed by atoms with van der Waals surface area (Å²) >= 11 is 0. The largest absolute Gasteiger partial charge is 0.490 e. The number of benzene rings is 1. The van der Waals surface area contributed by atoms with Crippen LogP contribution in [0.1, 0.15) is 38.7 Å². The number of hydrogen-bond donors (Lipinski definition) is 2. The first-order valence-electron chi connectivity index (χ1n) is 9.55. The summed E-state index contributed by atoms with van der Waals surface area (Å²) in [5.74, 6) is -3.13. The molecule has 0 bridgehead atoms. The van der Waals surface area contributed by atoms with Gasteiger partial charge in [0.05, 0.1) is 6.04 Å². The number of hydrogen-bond acceptors (Lipinski definition) is 5. The summed E-state index contributed by atoms with van der Waals surface area (Å²) in [6.07, 6.45) is -2.79. The molecule has 1 fully saturated rings. The predicted molar refractivity (Wildman–Crippen MR) is 102 cm³/mol. The van der Waals surface area contributed by atoms with Crippen LogP contribution in [0.25, 0.3) is 0 Å². The van der Waals surface area contributed by atoms with Crippen LogP contribution in [0.4, 0.5) is 13.2 Å². The Hall–Kier alpha value is -2.62. The third-order valence-electron chi connectivity index (χ3n) is 4.82. The third kappa shape index (κ3) is 7.66. The highest BCUT2D eigenvalue weighted by molar-refractivity contribution is 5.88. The van der Waals surface area contributed by atoms with Crippen LogP contribution in [0, 0.1) is 5.92 Å². The highest BCUT2D eigenvalue weighted by atomic mass is 19.4. The molecular weight excluding hydrogens is 405 g/mol. The van der Waals surface area contributed by atoms with Gasteiger partial charge in [-0.3, -0.25) is 4.79 Å². The number of esters is 1. The van der Waals surface area contributed by atoms with Gasteiger partial charge < -0.3 is 20.5 Å². The number of likely N-dealkylation sites (tertiary alicyclic amines) is 1. The Morgan fingerprint density at radius 3 is 2.33 bits per heavy atom. The number of nitrogens with two attached hydrogens (primary N) is 1. The van der Waals surface area contributed by atoms with Crippen LogP contribution in [0.2, 0.25) is 0 Å². The highest BCUT2D eigenvalue weighted by Crippen LogP contribution is 2.22. The molecule has 0 aromatic heterocycles. The van der Waals surface area contributed by atoms with E-state index in [0.717, 1.165) is 18.4 Å². The third-order valence-corrected chi connectivity index (χ3v) is 4.82. The zero-order valence-corrected chi connectivity index (χ0v) is 16.9. The van der Waals surface area contributed by atoms with Crippen molar-refractivity contribution in [3.05, 3.63) is 35.9 Å². The van der Waals surface area contributed by atoms with E-state index in [2.05, 4.69) is 0 Å². The van der Waals surface area contributed by atoms with E-state index in [1.807, 2.05) is 44.2 Å². The van der Waals surface area contributed by atoms with Crippen molar-refractivity contribution in [3.63, 3.8) is 0 Å². The second kappa shape index (κ2) is 11.5. The average Bonchev–Trinajstić information content (AvgIpc) is 3.20. The average molecular weight is 432 g/mol. The smallest absolute Gasteiger partial charge is 0.475 e. The molecule has 0 unspecified atom stereocenters. The Kier molecular flexibility index (Phi) is 9.77. The Morgan fingerprint density at radius 1 is 1.27 bits per heavy atom. The van der Waals surface area contributed by atoms with E-state index in [1.54, 1.807) is 4.90 Å². The molecule has 3 N–H and O–H groups in total. The monoisotopic (exact) mass is 432 g/mol. The minimum absolute atomic E-state index is 0.101. The second-order valence-corrected chi connectivity index (χ2v) is 7.00. The van der Waals surface area contributed by atoms with Crippen molar-refractivity contribution < 1.29 is 37.4 Å². The molecule has 30 heavy (non-hydrogen) atoms. The van der Waals surface area contributed by atoms with Crippen molar-refractivity contribution in [2.24, 2.45) is 11.7 Å². The predicted octanol–water partition coefficient (Wildman–Crippen LogP) is 2.73. The number of ether oxygens (including phenoxy) is 1. The lowest BCUT2D eigenvalue weighted by molar-refractivity contribution is -0.192. The van der Waals surface area contributed by atoms with Crippen LogP contribution in [0.15, 0.2) is 30.3 Å². The fourth-order valence-electron chi connectivity index (χ4n) is 2.79. The van der Waals surface area contributed by atoms with Gasteiger partial charge in [0.25, 0.3) is 0 Å². The fraction of sp³-hybridized carbons (Fsp3) is 0.550. The Balaban J connectivity index is 0.000000553. The summed E-state index contributed by atoms with van der Waals surface area (Å²) in [5.41, 5.74) is 6.97. The lowest BCUT2D eigenvalue weighted by atomic mass is 9.98. The minimum Gasteiger partial charge on any atom is -0.475 e. The van der Waals surface area contributed by atoms with Gasteiger partial charge in [-0.1, -0.05) is 50.6 Å². The topological polar surface area (TPSA) is 110 Å². The van der Waals surface area contributed by atoms with E-state index in [0.29, 0.717) is 13.0 Å². The van der Waals surface area contributed by atoms with Crippen molar-refractivity contribution in [2.45, 2.75) is 58.0 Å². The maximum atomic E-state index is 12.5. The van der Waals surface area contributed by atoms with Gasteiger partial charge in [-0.2, -0.15) is 13.2 Å². The molecule has 0 spiro atoms. The molecule has 1 aromatic carbocycles. The van der Waals surface area contributed by atoms with Crippen LogP contribution >= 0.6 is 0 Å². The number of carboxylic acids is 1. The van der Waals surface area contributed by atoms with Crippen LogP contribution < -0.4 is 5.73 Å². The van der Waals surface area contributed by atoms with Crippen molar-refractivity contribution in [1.29, 1.82) is 0 Å². The summed E-state index contributed by atoms with van der Waals surface area (Å²) in [5, 5.41) is 7.12. The number of carbonyl (C=O) groups excluding carboxylic acids is 2. The summed E-state index contributed by atoms with van der Waals surface area (Å²) in [6.45, 7) is 4.78. The van der Waals surface area contributed by atoms with E-state index in [-0.39, 0.29) is 24.4 Å². The minimum atomic E-state index is -5.08. The maximum absolute atomic E-state index is 12.5. The molecule has 2 rings (SSSR count). The SMILES string of the molecule is CC[C@H](C)[C@H](N)C(=O)N1CCC[C@H]1C(=O)OCc1ccccc1.O=C(O)C(F)(F)F. The molecule has 168 valence electrons. The van der Waals surface area contributed by atoms with E-state index in [1.165, 1.54) is 0 Å². The Bertz CT molecular complexity index is 712. The van der Waals surface area contributed by atoms with E-state index >= 15 is 0 Å². The normalized spacial score (nSPS) is 18.1. The van der Waals surface area contributed by atoms with Crippen LogP contribution in [-0.2, 0) is 25.7 Å². The van der Waals surface area contributed by atoms with E-state index < -0.39 is 24.2 Å². The summed E-state index contributed by atoms with van der Waals surface area (Å²) in [6, 6.07) is 8.48. The van der Waals surface area contributed by atoms with Gasteiger partial charge in [0.15, 0.2) is 0 Å². The molecule has 10 heteroatoms. The zero-order chi connectivity index (χ0) is 22.9. The van der Waals surface area contributed by atoms with Gasteiger partial charge in [-0.25, -0.2) is 9.59 Å². The highest BCUT2D eigenvalue weighted by Gasteiger charge is 2.39. The lowest BCUT2D eigenvalue weighted by Crippen LogP contribution is -2.51. The standard InChI is InChI=1S/C18H26N2O3.C2HF3O2/c1-3-13(2)16(19)17(21)20-11-7-10-15(20)18(22)23-12-14-8-5-4-6-9-14;3-2(4,5)1(6)7/h4-6,8-9,13,15-16H,3,7,10-12,19H2,1-2H3;(H,6,7)/t13-,15-,16-;/m0./s1. The van der Waals surface area contributed by atoms with Gasteiger partial charge in [-0.15, -0.1) is 0 Å². The maximum Gasteiger partial charge on any atom is 0.490 e. The molecule has 0 saturated carbocycles. The number of carbonyl (C=O) groups is 3. The van der Waals surface area contributed by atoms with Crippen molar-refractivity contribution in [3.8, 4) is 0 Å². The Labute approximate surface area is 173 Å². The van der Waals surface area contributed by atoms with E-state index in [4.69, 9.17) is 20.4 Å². The first kappa shape index (κ1) is 25.4. The van der Waals surface area contributed by atoms with Gasteiger partial charge in [0.2, 0.25) is 5.91 Å². The quantitative estimate of drug-likeness (QED) is 0.669. The lowest BCUT2D eigenvalue weighted by Gasteiger charge is -2.28.